The van der Waals surface area contributed by atoms with Gasteiger partial charge in [-0.05, 0) is 62.1 Å². The zero-order valence-corrected chi connectivity index (χ0v) is 21.2. The van der Waals surface area contributed by atoms with E-state index in [0.717, 1.165) is 24.8 Å². The Kier molecular flexibility index (Phi) is 7.11. The quantitative estimate of drug-likeness (QED) is 0.442. The molecule has 36 heavy (non-hydrogen) atoms. The molecule has 1 aliphatic carbocycles. The lowest BCUT2D eigenvalue weighted by Gasteiger charge is -2.59. The fourth-order valence-corrected chi connectivity index (χ4v) is 6.50. The summed E-state index contributed by atoms with van der Waals surface area (Å²) in [6, 6.07) is 6.15. The van der Waals surface area contributed by atoms with Crippen LogP contribution >= 0.6 is 0 Å². The number of nitrogens with one attached hydrogen (secondary N) is 1. The molecule has 1 N–H and O–H groups in total. The first-order chi connectivity index (χ1) is 17.2. The van der Waals surface area contributed by atoms with Crippen LogP contribution in [0.2, 0.25) is 0 Å². The second kappa shape index (κ2) is 10.0. The Bertz CT molecular complexity index is 973. The lowest BCUT2D eigenvalue weighted by atomic mass is 9.58. The van der Waals surface area contributed by atoms with Gasteiger partial charge in [-0.15, -0.1) is 0 Å². The van der Waals surface area contributed by atoms with Gasteiger partial charge in [0.05, 0.1) is 6.42 Å². The average Bonchev–Trinajstić information content (AvgIpc) is 3.08. The van der Waals surface area contributed by atoms with Crippen molar-refractivity contribution in [1.82, 2.24) is 5.32 Å². The van der Waals surface area contributed by atoms with Crippen LogP contribution in [0.1, 0.15) is 64.9 Å². The molecule has 6 rings (SSSR count). The summed E-state index contributed by atoms with van der Waals surface area (Å²) in [5.74, 6) is -1.27. The fraction of sp³-hybridized carbons (Fsp3) is 0.704. The Morgan fingerprint density at radius 3 is 2.64 bits per heavy atom. The standard InChI is InChI=1S/C27H36FNO7/c1-16-4-9-21-17(2)24(33-25-27(21)20(16)12-14-26(3,34-25)35-36-27)32-23(31)11-10-22(30)29-15-13-18-5-7-19(28)8-6-18/h5-8,16-17,20-21,24-25H,4,9-15H2,1-3H3,(H,29,30)/t16-,17-,20-,21-,24-,25-,26-,27-/m1/s1. The van der Waals surface area contributed by atoms with Crippen LogP contribution in [0.4, 0.5) is 4.39 Å². The van der Waals surface area contributed by atoms with Gasteiger partial charge in [0, 0.05) is 31.2 Å². The molecule has 4 saturated heterocycles. The number of halogens is 1. The Morgan fingerprint density at radius 2 is 1.86 bits per heavy atom. The Labute approximate surface area is 211 Å². The van der Waals surface area contributed by atoms with Gasteiger partial charge in [-0.3, -0.25) is 9.59 Å². The van der Waals surface area contributed by atoms with E-state index in [1.54, 1.807) is 12.1 Å². The molecule has 1 amide bonds. The van der Waals surface area contributed by atoms with Gasteiger partial charge in [0.15, 0.2) is 11.9 Å². The van der Waals surface area contributed by atoms with Crippen LogP contribution in [0.5, 0.6) is 0 Å². The summed E-state index contributed by atoms with van der Waals surface area (Å²) < 4.78 is 31.3. The molecular formula is C27H36FNO7. The first-order valence-electron chi connectivity index (χ1n) is 13.1. The van der Waals surface area contributed by atoms with Crippen LogP contribution in [0.3, 0.4) is 0 Å². The lowest BCUT2D eigenvalue weighted by Crippen LogP contribution is -2.70. The predicted molar refractivity (Wildman–Crippen MR) is 125 cm³/mol. The van der Waals surface area contributed by atoms with Crippen molar-refractivity contribution in [1.29, 1.82) is 0 Å². The number of hydrogen-bond donors (Lipinski definition) is 1. The third-order valence-corrected chi connectivity index (χ3v) is 8.55. The molecule has 0 aromatic heterocycles. The maximum Gasteiger partial charge on any atom is 0.308 e. The highest BCUT2D eigenvalue weighted by Gasteiger charge is 2.69. The van der Waals surface area contributed by atoms with E-state index >= 15 is 0 Å². The van der Waals surface area contributed by atoms with Crippen molar-refractivity contribution in [2.75, 3.05) is 6.54 Å². The van der Waals surface area contributed by atoms with Crippen molar-refractivity contribution in [2.45, 2.75) is 89.7 Å². The Morgan fingerprint density at radius 1 is 1.08 bits per heavy atom. The molecule has 0 unspecified atom stereocenters. The molecule has 5 fully saturated rings. The van der Waals surface area contributed by atoms with Gasteiger partial charge in [-0.25, -0.2) is 14.2 Å². The number of amides is 1. The van der Waals surface area contributed by atoms with Gasteiger partial charge >= 0.3 is 5.97 Å². The maximum absolute atomic E-state index is 13.0. The molecule has 5 aliphatic rings. The number of carbonyl (C=O) groups is 2. The molecule has 8 nitrogen and oxygen atoms in total. The van der Waals surface area contributed by atoms with E-state index in [1.165, 1.54) is 12.1 Å². The fourth-order valence-electron chi connectivity index (χ4n) is 6.50. The molecule has 1 aromatic carbocycles. The second-order valence-electron chi connectivity index (χ2n) is 11.0. The summed E-state index contributed by atoms with van der Waals surface area (Å²) in [6.45, 7) is 6.53. The molecule has 198 valence electrons. The van der Waals surface area contributed by atoms with Gasteiger partial charge in [-0.2, -0.15) is 0 Å². The second-order valence-corrected chi connectivity index (χ2v) is 11.0. The molecule has 1 spiro atoms. The van der Waals surface area contributed by atoms with E-state index in [0.29, 0.717) is 25.3 Å². The number of esters is 1. The number of ether oxygens (including phenoxy) is 3. The van der Waals surface area contributed by atoms with Gasteiger partial charge in [0.2, 0.25) is 18.0 Å². The first kappa shape index (κ1) is 25.6. The summed E-state index contributed by atoms with van der Waals surface area (Å²) in [7, 11) is 0. The molecule has 4 aliphatic heterocycles. The SMILES string of the molecule is C[C@H]1[C@H](OC(=O)CCC(=O)NCCc2ccc(F)cc2)O[C@@H]2O[C@@]3(C)CC[C@@H]4[C@H](C)CC[C@H]1[C@@]24OO3. The van der Waals surface area contributed by atoms with E-state index in [4.69, 9.17) is 24.0 Å². The van der Waals surface area contributed by atoms with Gasteiger partial charge < -0.3 is 19.5 Å². The molecule has 4 heterocycles. The van der Waals surface area contributed by atoms with Crippen LogP contribution in [0, 0.1) is 29.5 Å². The number of benzene rings is 1. The van der Waals surface area contributed by atoms with Crippen molar-refractivity contribution in [2.24, 2.45) is 23.7 Å². The minimum absolute atomic E-state index is 0.0191. The number of fused-ring (bicyclic) bond motifs is 2. The van der Waals surface area contributed by atoms with Crippen LogP contribution in [-0.4, -0.2) is 42.4 Å². The number of carbonyl (C=O) groups excluding carboxylic acids is 2. The Hall–Kier alpha value is -2.07. The van der Waals surface area contributed by atoms with Crippen LogP contribution in [0.15, 0.2) is 24.3 Å². The van der Waals surface area contributed by atoms with Gasteiger partial charge in [0.25, 0.3) is 0 Å². The summed E-state index contributed by atoms with van der Waals surface area (Å²) >= 11 is 0. The average molecular weight is 506 g/mol. The largest absolute Gasteiger partial charge is 0.435 e. The van der Waals surface area contributed by atoms with E-state index in [9.17, 15) is 14.0 Å². The minimum atomic E-state index is -0.890. The molecule has 8 atom stereocenters. The topological polar surface area (TPSA) is 92.3 Å². The molecular weight excluding hydrogens is 469 g/mol. The molecule has 1 saturated carbocycles. The highest BCUT2D eigenvalue weighted by atomic mass is 19.1. The monoisotopic (exact) mass is 505 g/mol. The molecule has 9 heteroatoms. The third-order valence-electron chi connectivity index (χ3n) is 8.55. The predicted octanol–water partition coefficient (Wildman–Crippen LogP) is 4.02. The zero-order chi connectivity index (χ0) is 25.5. The maximum atomic E-state index is 13.0. The van der Waals surface area contributed by atoms with E-state index in [-0.39, 0.29) is 42.3 Å². The van der Waals surface area contributed by atoms with Crippen LogP contribution in [0.25, 0.3) is 0 Å². The minimum Gasteiger partial charge on any atom is -0.435 e. The van der Waals surface area contributed by atoms with E-state index in [2.05, 4.69) is 12.2 Å². The van der Waals surface area contributed by atoms with Crippen LogP contribution < -0.4 is 5.32 Å². The normalized spacial score (nSPS) is 39.1. The van der Waals surface area contributed by atoms with Gasteiger partial charge in [-0.1, -0.05) is 26.0 Å². The van der Waals surface area contributed by atoms with Crippen molar-refractivity contribution >= 4 is 11.9 Å². The number of rotatable bonds is 7. The van der Waals surface area contributed by atoms with Crippen molar-refractivity contribution < 1.29 is 38.0 Å². The molecule has 2 bridgehead atoms. The summed E-state index contributed by atoms with van der Waals surface area (Å²) in [5.41, 5.74) is 0.217. The van der Waals surface area contributed by atoms with Crippen molar-refractivity contribution in [3.63, 3.8) is 0 Å². The third kappa shape index (κ3) is 4.78. The summed E-state index contributed by atoms with van der Waals surface area (Å²) in [5, 5.41) is 2.79. The van der Waals surface area contributed by atoms with E-state index < -0.39 is 29.9 Å². The highest BCUT2D eigenvalue weighted by Crippen LogP contribution is 2.60. The van der Waals surface area contributed by atoms with Crippen molar-refractivity contribution in [3.8, 4) is 0 Å². The van der Waals surface area contributed by atoms with Crippen LogP contribution in [-0.2, 0) is 40.0 Å². The molecule has 1 aromatic rings. The Balaban J connectivity index is 1.15. The van der Waals surface area contributed by atoms with Gasteiger partial charge in [0.1, 0.15) is 5.82 Å². The number of hydrogen-bond acceptors (Lipinski definition) is 7. The van der Waals surface area contributed by atoms with E-state index in [1.807, 2.05) is 13.8 Å². The smallest absolute Gasteiger partial charge is 0.308 e. The zero-order valence-electron chi connectivity index (χ0n) is 21.2. The summed E-state index contributed by atoms with van der Waals surface area (Å²) in [6.07, 6.45) is 2.71. The first-order valence-corrected chi connectivity index (χ1v) is 13.1. The lowest BCUT2D eigenvalue weighted by molar-refractivity contribution is -0.576. The highest BCUT2D eigenvalue weighted by molar-refractivity contribution is 5.81. The molecule has 0 radical (unpaired) electrons. The summed E-state index contributed by atoms with van der Waals surface area (Å²) in [4.78, 5) is 36.8. The van der Waals surface area contributed by atoms with Crippen molar-refractivity contribution in [3.05, 3.63) is 35.6 Å².